The van der Waals surface area contributed by atoms with Gasteiger partial charge in [-0.15, -0.1) is 0 Å². The molecule has 26 heavy (non-hydrogen) atoms. The number of nitrogens with zero attached hydrogens (tertiary/aromatic N) is 3. The first-order valence-corrected chi connectivity index (χ1v) is 10.5. The third-order valence-electron chi connectivity index (χ3n) is 4.39. The fourth-order valence-corrected chi connectivity index (χ4v) is 4.22. The molecule has 0 radical (unpaired) electrons. The van der Waals surface area contributed by atoms with Crippen molar-refractivity contribution in [2.24, 2.45) is 17.8 Å². The molecule has 0 aromatic carbocycles. The Kier molecular flexibility index (Phi) is 6.59. The largest absolute Gasteiger partial charge is 0.342 e. The normalized spacial score (nSPS) is 17.5. The molecular formula is C20H33N3O2S. The number of fused-ring (bicyclic) bond motifs is 1. The molecule has 2 rings (SSSR count). The SMILES string of the molecule is CC(C)CN(CC(C)C)C(=O)C1CSc2nc(C(C)(C)C)cc(=O)n2C1. The molecule has 5 nitrogen and oxygen atoms in total. The van der Waals surface area contributed by atoms with Crippen LogP contribution in [0.2, 0.25) is 0 Å². The maximum Gasteiger partial charge on any atom is 0.254 e. The second-order valence-corrected chi connectivity index (χ2v) is 10.1. The third kappa shape index (κ3) is 5.12. The molecule has 0 spiro atoms. The van der Waals surface area contributed by atoms with Crippen molar-refractivity contribution in [3.05, 3.63) is 22.1 Å². The van der Waals surface area contributed by atoms with Crippen LogP contribution in [0.3, 0.4) is 0 Å². The molecule has 0 bridgehead atoms. The molecule has 1 unspecified atom stereocenters. The van der Waals surface area contributed by atoms with Crippen LogP contribution in [0.25, 0.3) is 0 Å². The van der Waals surface area contributed by atoms with Crippen molar-refractivity contribution >= 4 is 17.7 Å². The van der Waals surface area contributed by atoms with E-state index in [9.17, 15) is 9.59 Å². The summed E-state index contributed by atoms with van der Waals surface area (Å²) in [7, 11) is 0. The summed E-state index contributed by atoms with van der Waals surface area (Å²) in [5, 5.41) is 0.741. The van der Waals surface area contributed by atoms with E-state index >= 15 is 0 Å². The van der Waals surface area contributed by atoms with E-state index in [-0.39, 0.29) is 22.8 Å². The summed E-state index contributed by atoms with van der Waals surface area (Å²) in [5.74, 6) is 1.55. The highest BCUT2D eigenvalue weighted by Gasteiger charge is 2.31. The van der Waals surface area contributed by atoms with Gasteiger partial charge in [-0.25, -0.2) is 4.98 Å². The number of hydrogen-bond donors (Lipinski definition) is 0. The van der Waals surface area contributed by atoms with Crippen molar-refractivity contribution in [3.63, 3.8) is 0 Å². The molecule has 0 N–H and O–H groups in total. The fourth-order valence-electron chi connectivity index (χ4n) is 3.14. The number of carbonyl (C=O) groups excluding carboxylic acids is 1. The zero-order valence-corrected chi connectivity index (χ0v) is 18.0. The van der Waals surface area contributed by atoms with Crippen molar-refractivity contribution in [3.8, 4) is 0 Å². The Labute approximate surface area is 161 Å². The molecule has 146 valence electrons. The molecule has 6 heteroatoms. The van der Waals surface area contributed by atoms with E-state index in [1.165, 1.54) is 11.8 Å². The van der Waals surface area contributed by atoms with E-state index in [1.54, 1.807) is 10.6 Å². The highest BCUT2D eigenvalue weighted by atomic mass is 32.2. The van der Waals surface area contributed by atoms with Gasteiger partial charge in [0.1, 0.15) is 0 Å². The zero-order chi connectivity index (χ0) is 19.6. The summed E-state index contributed by atoms with van der Waals surface area (Å²) < 4.78 is 1.68. The lowest BCUT2D eigenvalue weighted by atomic mass is 9.92. The van der Waals surface area contributed by atoms with Crippen LogP contribution < -0.4 is 5.56 Å². The molecule has 1 aromatic heterocycles. The second-order valence-electron chi connectivity index (χ2n) is 9.16. The van der Waals surface area contributed by atoms with E-state index in [0.717, 1.165) is 23.9 Å². The maximum absolute atomic E-state index is 13.1. The minimum Gasteiger partial charge on any atom is -0.342 e. The molecule has 0 aliphatic carbocycles. The van der Waals surface area contributed by atoms with Gasteiger partial charge in [-0.05, 0) is 11.8 Å². The van der Waals surface area contributed by atoms with E-state index in [1.807, 2.05) is 4.90 Å². The van der Waals surface area contributed by atoms with Crippen LogP contribution in [0.1, 0.15) is 54.2 Å². The molecule has 2 heterocycles. The Morgan fingerprint density at radius 2 is 1.85 bits per heavy atom. The van der Waals surface area contributed by atoms with Gasteiger partial charge in [0.15, 0.2) is 5.16 Å². The van der Waals surface area contributed by atoms with Gasteiger partial charge in [-0.2, -0.15) is 0 Å². The molecule has 1 atom stereocenters. The Morgan fingerprint density at radius 3 is 2.35 bits per heavy atom. The molecule has 1 aromatic rings. The van der Waals surface area contributed by atoms with Crippen LogP contribution in [-0.2, 0) is 16.8 Å². The van der Waals surface area contributed by atoms with Crippen molar-refractivity contribution in [1.29, 1.82) is 0 Å². The number of amides is 1. The first kappa shape index (κ1) is 21.0. The summed E-state index contributed by atoms with van der Waals surface area (Å²) in [4.78, 5) is 32.4. The van der Waals surface area contributed by atoms with Crippen LogP contribution in [0.5, 0.6) is 0 Å². The van der Waals surface area contributed by atoms with Gasteiger partial charge in [0.05, 0.1) is 11.6 Å². The predicted octanol–water partition coefficient (Wildman–Crippen LogP) is 3.40. The molecule has 0 fully saturated rings. The van der Waals surface area contributed by atoms with E-state index in [2.05, 4.69) is 53.5 Å². The highest BCUT2D eigenvalue weighted by molar-refractivity contribution is 7.99. The Morgan fingerprint density at radius 1 is 1.27 bits per heavy atom. The first-order chi connectivity index (χ1) is 12.0. The second kappa shape index (κ2) is 8.15. The van der Waals surface area contributed by atoms with Crippen LogP contribution in [0, 0.1) is 17.8 Å². The lowest BCUT2D eigenvalue weighted by molar-refractivity contribution is -0.136. The highest BCUT2D eigenvalue weighted by Crippen LogP contribution is 2.29. The van der Waals surface area contributed by atoms with Gasteiger partial charge in [-0.1, -0.05) is 60.2 Å². The summed E-state index contributed by atoms with van der Waals surface area (Å²) in [5.41, 5.74) is 0.601. The smallest absolute Gasteiger partial charge is 0.254 e. The summed E-state index contributed by atoms with van der Waals surface area (Å²) in [6, 6.07) is 1.62. The minimum atomic E-state index is -0.162. The van der Waals surface area contributed by atoms with Crippen molar-refractivity contribution in [1.82, 2.24) is 14.5 Å². The number of carbonyl (C=O) groups is 1. The zero-order valence-electron chi connectivity index (χ0n) is 17.2. The topological polar surface area (TPSA) is 55.2 Å². The van der Waals surface area contributed by atoms with Crippen molar-refractivity contribution in [2.75, 3.05) is 18.8 Å². The predicted molar refractivity (Wildman–Crippen MR) is 108 cm³/mol. The minimum absolute atomic E-state index is 0.0517. The van der Waals surface area contributed by atoms with E-state index < -0.39 is 0 Å². The van der Waals surface area contributed by atoms with Crippen LogP contribution >= 0.6 is 11.8 Å². The average molecular weight is 380 g/mol. The summed E-state index contributed by atoms with van der Waals surface area (Å²) in [6.45, 7) is 16.7. The summed E-state index contributed by atoms with van der Waals surface area (Å²) in [6.07, 6.45) is 0. The average Bonchev–Trinajstić information content (AvgIpc) is 2.51. The van der Waals surface area contributed by atoms with Crippen LogP contribution in [-0.4, -0.2) is 39.2 Å². The Balaban J connectivity index is 2.23. The molecule has 0 saturated carbocycles. The Hall–Kier alpha value is -1.30. The van der Waals surface area contributed by atoms with Gasteiger partial charge in [-0.3, -0.25) is 14.2 Å². The third-order valence-corrected chi connectivity index (χ3v) is 5.53. The van der Waals surface area contributed by atoms with E-state index in [4.69, 9.17) is 0 Å². The van der Waals surface area contributed by atoms with Crippen LogP contribution in [0.4, 0.5) is 0 Å². The fraction of sp³-hybridized carbons (Fsp3) is 0.750. The molecular weight excluding hydrogens is 346 g/mol. The van der Waals surface area contributed by atoms with Crippen LogP contribution in [0.15, 0.2) is 16.0 Å². The monoisotopic (exact) mass is 379 g/mol. The maximum atomic E-state index is 13.1. The van der Waals surface area contributed by atoms with Gasteiger partial charge < -0.3 is 4.90 Å². The standard InChI is InChI=1S/C20H33N3O2S/c1-13(2)9-22(10-14(3)4)18(25)15-11-23-17(24)8-16(20(5,6)7)21-19(23)26-12-15/h8,13-15H,9-12H2,1-7H3. The Bertz CT molecular complexity index is 694. The number of hydrogen-bond acceptors (Lipinski definition) is 4. The molecule has 1 aliphatic heterocycles. The number of rotatable bonds is 5. The van der Waals surface area contributed by atoms with Gasteiger partial charge >= 0.3 is 0 Å². The van der Waals surface area contributed by atoms with Gasteiger partial charge in [0.25, 0.3) is 5.56 Å². The van der Waals surface area contributed by atoms with Crippen molar-refractivity contribution < 1.29 is 4.79 Å². The van der Waals surface area contributed by atoms with Gasteiger partial charge in [0.2, 0.25) is 5.91 Å². The lowest BCUT2D eigenvalue weighted by Gasteiger charge is -2.32. The molecule has 0 saturated heterocycles. The summed E-state index contributed by atoms with van der Waals surface area (Å²) >= 11 is 1.53. The molecule has 1 aliphatic rings. The first-order valence-electron chi connectivity index (χ1n) is 9.53. The quantitative estimate of drug-likeness (QED) is 0.736. The number of thioether (sulfide) groups is 1. The lowest BCUT2D eigenvalue weighted by Crippen LogP contribution is -2.45. The van der Waals surface area contributed by atoms with E-state index in [0.29, 0.717) is 24.1 Å². The molecule has 1 amide bonds. The van der Waals surface area contributed by atoms with Crippen molar-refractivity contribution in [2.45, 2.75) is 65.6 Å². The van der Waals surface area contributed by atoms with Gasteiger partial charge in [0, 0.05) is 36.9 Å². The number of aromatic nitrogens is 2.